The van der Waals surface area contributed by atoms with Crippen molar-refractivity contribution in [2.24, 2.45) is 0 Å². The third-order valence-electron chi connectivity index (χ3n) is 2.92. The zero-order chi connectivity index (χ0) is 11.8. The second-order valence-corrected chi connectivity index (χ2v) is 3.91. The van der Waals surface area contributed by atoms with Gasteiger partial charge in [0.05, 0.1) is 32.5 Å². The van der Waals surface area contributed by atoms with Crippen LogP contribution in [0.2, 0.25) is 0 Å². The maximum atomic E-state index is 10.2. The Labute approximate surface area is 94.8 Å². The van der Waals surface area contributed by atoms with Gasteiger partial charge in [0.2, 0.25) is 0 Å². The number of benzene rings is 1. The van der Waals surface area contributed by atoms with Crippen LogP contribution in [0, 0.1) is 0 Å². The van der Waals surface area contributed by atoms with E-state index in [4.69, 9.17) is 14.2 Å². The van der Waals surface area contributed by atoms with Crippen molar-refractivity contribution in [1.29, 1.82) is 0 Å². The van der Waals surface area contributed by atoms with Gasteiger partial charge in [-0.15, -0.1) is 0 Å². The van der Waals surface area contributed by atoms with E-state index in [-0.39, 0.29) is 0 Å². The zero-order valence-corrected chi connectivity index (χ0v) is 9.74. The lowest BCUT2D eigenvalue weighted by Crippen LogP contribution is -2.10. The molecular weight excluding hydrogens is 208 g/mol. The van der Waals surface area contributed by atoms with Crippen molar-refractivity contribution in [3.8, 4) is 17.2 Å². The number of aliphatic hydroxyl groups is 1. The van der Waals surface area contributed by atoms with Crippen LogP contribution in [-0.2, 0) is 5.60 Å². The standard InChI is InChI=1S/C12H16O4/c1-14-8-4-5-9(15-2)11(16-3)10(8)12(13)6-7-12/h4-5,13H,6-7H2,1-3H3. The third kappa shape index (κ3) is 1.59. The maximum absolute atomic E-state index is 10.2. The SMILES string of the molecule is COc1ccc(OC)c(C2(O)CC2)c1OC. The smallest absolute Gasteiger partial charge is 0.170 e. The Bertz CT molecular complexity index is 396. The quantitative estimate of drug-likeness (QED) is 0.845. The highest BCUT2D eigenvalue weighted by Gasteiger charge is 2.47. The van der Waals surface area contributed by atoms with Crippen LogP contribution >= 0.6 is 0 Å². The van der Waals surface area contributed by atoms with E-state index in [9.17, 15) is 5.11 Å². The number of hydrogen-bond donors (Lipinski definition) is 1. The van der Waals surface area contributed by atoms with E-state index in [0.717, 1.165) is 12.8 Å². The van der Waals surface area contributed by atoms with E-state index >= 15 is 0 Å². The van der Waals surface area contributed by atoms with Gasteiger partial charge >= 0.3 is 0 Å². The minimum absolute atomic E-state index is 0.557. The van der Waals surface area contributed by atoms with Crippen LogP contribution in [-0.4, -0.2) is 26.4 Å². The molecule has 1 saturated carbocycles. The van der Waals surface area contributed by atoms with E-state index < -0.39 is 5.60 Å². The summed E-state index contributed by atoms with van der Waals surface area (Å²) in [6, 6.07) is 3.56. The highest BCUT2D eigenvalue weighted by atomic mass is 16.5. The number of hydrogen-bond acceptors (Lipinski definition) is 4. The van der Waals surface area contributed by atoms with Gasteiger partial charge in [-0.2, -0.15) is 0 Å². The molecule has 88 valence electrons. The van der Waals surface area contributed by atoms with Crippen LogP contribution in [0.1, 0.15) is 18.4 Å². The summed E-state index contributed by atoms with van der Waals surface area (Å²) in [6.45, 7) is 0. The average molecular weight is 224 g/mol. The van der Waals surface area contributed by atoms with E-state index in [1.54, 1.807) is 33.5 Å². The lowest BCUT2D eigenvalue weighted by molar-refractivity contribution is 0.142. The fourth-order valence-electron chi connectivity index (χ4n) is 1.89. The van der Waals surface area contributed by atoms with Gasteiger partial charge in [-0.1, -0.05) is 0 Å². The summed E-state index contributed by atoms with van der Waals surface area (Å²) in [6.07, 6.45) is 1.46. The van der Waals surface area contributed by atoms with Crippen LogP contribution in [0.15, 0.2) is 12.1 Å². The Balaban J connectivity index is 2.59. The van der Waals surface area contributed by atoms with Crippen LogP contribution in [0.3, 0.4) is 0 Å². The van der Waals surface area contributed by atoms with Gasteiger partial charge < -0.3 is 19.3 Å². The summed E-state index contributed by atoms with van der Waals surface area (Å²) in [5.41, 5.74) is -0.123. The van der Waals surface area contributed by atoms with Crippen molar-refractivity contribution in [1.82, 2.24) is 0 Å². The minimum Gasteiger partial charge on any atom is -0.496 e. The molecule has 0 unspecified atom stereocenters. The Kier molecular flexibility index (Phi) is 2.68. The zero-order valence-electron chi connectivity index (χ0n) is 9.74. The monoisotopic (exact) mass is 224 g/mol. The van der Waals surface area contributed by atoms with Crippen molar-refractivity contribution in [3.63, 3.8) is 0 Å². The molecule has 0 aliphatic heterocycles. The number of ether oxygens (including phenoxy) is 3. The van der Waals surface area contributed by atoms with Crippen LogP contribution in [0.4, 0.5) is 0 Å². The Morgan fingerprint density at radius 2 is 1.56 bits per heavy atom. The molecular formula is C12H16O4. The first-order chi connectivity index (χ1) is 7.66. The second-order valence-electron chi connectivity index (χ2n) is 3.91. The summed E-state index contributed by atoms with van der Waals surface area (Å²) in [4.78, 5) is 0. The molecule has 1 N–H and O–H groups in total. The van der Waals surface area contributed by atoms with Gasteiger partial charge in [-0.05, 0) is 25.0 Å². The Morgan fingerprint density at radius 1 is 1.00 bits per heavy atom. The number of methoxy groups -OCH3 is 3. The van der Waals surface area contributed by atoms with Crippen LogP contribution < -0.4 is 14.2 Å². The molecule has 0 saturated heterocycles. The molecule has 1 aliphatic rings. The Hall–Kier alpha value is -1.42. The van der Waals surface area contributed by atoms with Crippen molar-refractivity contribution in [2.75, 3.05) is 21.3 Å². The molecule has 0 radical (unpaired) electrons. The van der Waals surface area contributed by atoms with E-state index in [1.807, 2.05) is 0 Å². The molecule has 16 heavy (non-hydrogen) atoms. The molecule has 0 atom stereocenters. The molecule has 1 fully saturated rings. The summed E-state index contributed by atoms with van der Waals surface area (Å²) >= 11 is 0. The topological polar surface area (TPSA) is 47.9 Å². The van der Waals surface area contributed by atoms with Crippen LogP contribution in [0.25, 0.3) is 0 Å². The normalized spacial score (nSPS) is 16.8. The van der Waals surface area contributed by atoms with Crippen molar-refractivity contribution < 1.29 is 19.3 Å². The van der Waals surface area contributed by atoms with Crippen molar-refractivity contribution in [2.45, 2.75) is 18.4 Å². The molecule has 2 rings (SSSR count). The van der Waals surface area contributed by atoms with Gasteiger partial charge in [0.15, 0.2) is 11.5 Å². The van der Waals surface area contributed by atoms with Gasteiger partial charge in [0.25, 0.3) is 0 Å². The predicted molar refractivity (Wildman–Crippen MR) is 59.2 cm³/mol. The van der Waals surface area contributed by atoms with E-state index in [1.165, 1.54) is 0 Å². The molecule has 1 aliphatic carbocycles. The molecule has 0 heterocycles. The molecule has 0 spiro atoms. The number of rotatable bonds is 4. The van der Waals surface area contributed by atoms with Crippen molar-refractivity contribution in [3.05, 3.63) is 17.7 Å². The first-order valence-corrected chi connectivity index (χ1v) is 5.18. The lowest BCUT2D eigenvalue weighted by Gasteiger charge is -2.19. The average Bonchev–Trinajstić information content (AvgIpc) is 3.06. The van der Waals surface area contributed by atoms with Gasteiger partial charge in [-0.3, -0.25) is 0 Å². The van der Waals surface area contributed by atoms with E-state index in [0.29, 0.717) is 22.8 Å². The molecule has 0 bridgehead atoms. The highest BCUT2D eigenvalue weighted by molar-refractivity contribution is 5.58. The maximum Gasteiger partial charge on any atom is 0.170 e. The molecule has 1 aromatic carbocycles. The fourth-order valence-corrected chi connectivity index (χ4v) is 1.89. The predicted octanol–water partition coefficient (Wildman–Crippen LogP) is 1.69. The third-order valence-corrected chi connectivity index (χ3v) is 2.92. The van der Waals surface area contributed by atoms with E-state index in [2.05, 4.69) is 0 Å². The van der Waals surface area contributed by atoms with Crippen molar-refractivity contribution >= 4 is 0 Å². The molecule has 0 aromatic heterocycles. The lowest BCUT2D eigenvalue weighted by atomic mass is 10.0. The Morgan fingerprint density at radius 3 is 2.00 bits per heavy atom. The molecule has 4 heteroatoms. The summed E-state index contributed by atoms with van der Waals surface area (Å²) in [5.74, 6) is 1.80. The summed E-state index contributed by atoms with van der Waals surface area (Å²) in [7, 11) is 4.72. The first kappa shape index (κ1) is 11.1. The minimum atomic E-state index is -0.814. The second kappa shape index (κ2) is 3.87. The largest absolute Gasteiger partial charge is 0.496 e. The van der Waals surface area contributed by atoms with Gasteiger partial charge in [0.1, 0.15) is 5.75 Å². The van der Waals surface area contributed by atoms with Gasteiger partial charge in [-0.25, -0.2) is 0 Å². The van der Waals surface area contributed by atoms with Gasteiger partial charge in [0, 0.05) is 0 Å². The summed E-state index contributed by atoms with van der Waals surface area (Å²) in [5, 5.41) is 10.2. The molecule has 4 nitrogen and oxygen atoms in total. The highest BCUT2D eigenvalue weighted by Crippen LogP contribution is 2.54. The summed E-state index contributed by atoms with van der Waals surface area (Å²) < 4.78 is 15.8. The molecule has 0 amide bonds. The fraction of sp³-hybridized carbons (Fsp3) is 0.500. The molecule has 1 aromatic rings. The van der Waals surface area contributed by atoms with Crippen LogP contribution in [0.5, 0.6) is 17.2 Å². The first-order valence-electron chi connectivity index (χ1n) is 5.18.